The number of rotatable bonds is 2. The van der Waals surface area contributed by atoms with Crippen LogP contribution in [-0.4, -0.2) is 41.7 Å². The van der Waals surface area contributed by atoms with E-state index in [9.17, 15) is 9.65 Å². The van der Waals surface area contributed by atoms with Gasteiger partial charge < -0.3 is 9.42 Å². The number of nitrogens with zero attached hydrogens (tertiary/aromatic N) is 5. The summed E-state index contributed by atoms with van der Waals surface area (Å²) in [4.78, 5) is 8.40. The van der Waals surface area contributed by atoms with Crippen LogP contribution < -0.4 is 4.90 Å². The topological polar surface area (TPSA) is 69.2 Å². The second-order valence-electron chi connectivity index (χ2n) is 5.37. The van der Waals surface area contributed by atoms with Crippen molar-refractivity contribution < 1.29 is 8.91 Å². The van der Waals surface area contributed by atoms with Crippen molar-refractivity contribution in [2.45, 2.75) is 13.0 Å². The fourth-order valence-electron chi connectivity index (χ4n) is 2.69. The molecule has 114 valence electrons. The Morgan fingerprint density at radius 3 is 2.91 bits per heavy atom. The van der Waals surface area contributed by atoms with Gasteiger partial charge in [0.1, 0.15) is 23.5 Å². The fourth-order valence-corrected chi connectivity index (χ4v) is 2.69. The van der Waals surface area contributed by atoms with Crippen LogP contribution in [0.4, 0.5) is 10.1 Å². The van der Waals surface area contributed by atoms with Crippen molar-refractivity contribution >= 4 is 5.69 Å². The minimum atomic E-state index is -0.496. The van der Waals surface area contributed by atoms with Crippen molar-refractivity contribution in [3.8, 4) is 6.07 Å². The number of hydrogen-bond acceptors (Lipinski definition) is 6. The van der Waals surface area contributed by atoms with E-state index in [2.05, 4.69) is 15.0 Å². The van der Waals surface area contributed by atoms with Gasteiger partial charge in [-0.05, 0) is 26.1 Å². The van der Waals surface area contributed by atoms with Crippen LogP contribution in [0.3, 0.4) is 0 Å². The monoisotopic (exact) mass is 301 g/mol. The van der Waals surface area contributed by atoms with Gasteiger partial charge in [-0.2, -0.15) is 10.2 Å². The lowest BCUT2D eigenvalue weighted by Crippen LogP contribution is -2.47. The Hall–Kier alpha value is -2.46. The molecule has 2 aromatic rings. The minimum absolute atomic E-state index is 0.0764. The van der Waals surface area contributed by atoms with Gasteiger partial charge in [0.25, 0.3) is 0 Å². The van der Waals surface area contributed by atoms with Crippen LogP contribution in [0.2, 0.25) is 0 Å². The summed E-state index contributed by atoms with van der Waals surface area (Å²) >= 11 is 0. The number of aromatic nitrogens is 2. The normalized spacial score (nSPS) is 19.2. The van der Waals surface area contributed by atoms with Crippen molar-refractivity contribution in [1.82, 2.24) is 15.0 Å². The van der Waals surface area contributed by atoms with E-state index in [1.54, 1.807) is 19.1 Å². The Kier molecular flexibility index (Phi) is 3.77. The largest absolute Gasteiger partial charge is 0.367 e. The zero-order chi connectivity index (χ0) is 15.7. The Balaban J connectivity index is 1.91. The molecule has 0 radical (unpaired) electrons. The fraction of sp³-hybridized carbons (Fsp3) is 0.400. The zero-order valence-electron chi connectivity index (χ0n) is 12.5. The number of benzene rings is 1. The van der Waals surface area contributed by atoms with E-state index in [-0.39, 0.29) is 11.6 Å². The molecule has 0 N–H and O–H groups in total. The summed E-state index contributed by atoms with van der Waals surface area (Å²) in [5, 5.41) is 13.0. The molecule has 1 aromatic heterocycles. The third-order valence-electron chi connectivity index (χ3n) is 3.92. The summed E-state index contributed by atoms with van der Waals surface area (Å²) in [5.41, 5.74) is 0.685. The lowest BCUT2D eigenvalue weighted by Gasteiger charge is -2.39. The van der Waals surface area contributed by atoms with Crippen LogP contribution in [0.25, 0.3) is 0 Å². The first-order valence-electron chi connectivity index (χ1n) is 7.04. The van der Waals surface area contributed by atoms with Crippen LogP contribution in [0.1, 0.15) is 23.3 Å². The highest BCUT2D eigenvalue weighted by Gasteiger charge is 2.31. The van der Waals surface area contributed by atoms with Crippen LogP contribution in [-0.2, 0) is 0 Å². The first-order valence-corrected chi connectivity index (χ1v) is 7.04. The SMILES string of the molecule is Cc1noc([C@H]2CN(c3cccc(F)c3C#N)CCN2C)n1. The molecule has 2 heterocycles. The Morgan fingerprint density at radius 2 is 2.23 bits per heavy atom. The molecule has 0 aliphatic carbocycles. The predicted molar refractivity (Wildman–Crippen MR) is 77.7 cm³/mol. The molecule has 3 rings (SSSR count). The summed E-state index contributed by atoms with van der Waals surface area (Å²) in [6.45, 7) is 3.80. The third-order valence-corrected chi connectivity index (χ3v) is 3.92. The molecular weight excluding hydrogens is 285 g/mol. The van der Waals surface area contributed by atoms with Gasteiger partial charge in [0.15, 0.2) is 5.82 Å². The molecule has 7 heteroatoms. The highest BCUT2D eigenvalue weighted by molar-refractivity contribution is 5.60. The molecular formula is C15H16FN5O. The summed E-state index contributed by atoms with van der Waals surface area (Å²) in [5.74, 6) is 0.632. The molecule has 6 nitrogen and oxygen atoms in total. The number of likely N-dealkylation sites (N-methyl/N-ethyl adjacent to an activating group) is 1. The molecule has 1 atom stereocenters. The molecule has 1 aromatic carbocycles. The van der Waals surface area contributed by atoms with E-state index >= 15 is 0 Å². The third kappa shape index (κ3) is 2.53. The van der Waals surface area contributed by atoms with Crippen LogP contribution in [0.5, 0.6) is 0 Å². The van der Waals surface area contributed by atoms with Gasteiger partial charge in [-0.25, -0.2) is 4.39 Å². The van der Waals surface area contributed by atoms with Crippen molar-refractivity contribution in [2.75, 3.05) is 31.6 Å². The van der Waals surface area contributed by atoms with E-state index in [1.165, 1.54) is 6.07 Å². The van der Waals surface area contributed by atoms with Crippen LogP contribution >= 0.6 is 0 Å². The predicted octanol–water partition coefficient (Wildman–Crippen LogP) is 1.88. The van der Waals surface area contributed by atoms with Crippen molar-refractivity contribution in [3.63, 3.8) is 0 Å². The van der Waals surface area contributed by atoms with Gasteiger partial charge >= 0.3 is 0 Å². The van der Waals surface area contributed by atoms with Gasteiger partial charge in [-0.1, -0.05) is 11.2 Å². The first-order chi connectivity index (χ1) is 10.6. The molecule has 1 aliphatic heterocycles. The van der Waals surface area contributed by atoms with Crippen LogP contribution in [0.15, 0.2) is 22.7 Å². The Bertz CT molecular complexity index is 723. The maximum Gasteiger partial charge on any atom is 0.245 e. The average molecular weight is 301 g/mol. The smallest absolute Gasteiger partial charge is 0.245 e. The lowest BCUT2D eigenvalue weighted by atomic mass is 10.1. The molecule has 22 heavy (non-hydrogen) atoms. The first kappa shape index (κ1) is 14.5. The molecule has 1 saturated heterocycles. The number of piperazine rings is 1. The number of hydrogen-bond donors (Lipinski definition) is 0. The number of anilines is 1. The van der Waals surface area contributed by atoms with Crippen molar-refractivity contribution in [3.05, 3.63) is 41.3 Å². The minimum Gasteiger partial charge on any atom is -0.367 e. The number of halogens is 1. The Labute approximate surface area is 127 Å². The average Bonchev–Trinajstić information content (AvgIpc) is 2.94. The standard InChI is InChI=1S/C15H16FN5O/c1-10-18-15(22-19-10)14-9-21(7-6-20(14)2)13-5-3-4-12(16)11(13)8-17/h3-5,14H,6-7,9H2,1-2H3/t14-/m1/s1. The van der Waals surface area contributed by atoms with E-state index in [1.807, 2.05) is 18.0 Å². The molecule has 0 unspecified atom stereocenters. The summed E-state index contributed by atoms with van der Waals surface area (Å²) in [6.07, 6.45) is 0. The van der Waals surface area contributed by atoms with Crippen molar-refractivity contribution in [2.24, 2.45) is 0 Å². The Morgan fingerprint density at radius 1 is 1.41 bits per heavy atom. The summed E-state index contributed by atoms with van der Waals surface area (Å²) < 4.78 is 19.1. The summed E-state index contributed by atoms with van der Waals surface area (Å²) in [6, 6.07) is 6.56. The van der Waals surface area contributed by atoms with Gasteiger partial charge in [0.2, 0.25) is 5.89 Å². The van der Waals surface area contributed by atoms with Gasteiger partial charge in [0.05, 0.1) is 5.69 Å². The lowest BCUT2D eigenvalue weighted by molar-refractivity contribution is 0.177. The summed E-state index contributed by atoms with van der Waals surface area (Å²) in [7, 11) is 1.98. The van der Waals surface area contributed by atoms with Crippen LogP contribution in [0, 0.1) is 24.1 Å². The molecule has 1 aliphatic rings. The number of aryl methyl sites for hydroxylation is 1. The van der Waals surface area contributed by atoms with Crippen molar-refractivity contribution in [1.29, 1.82) is 5.26 Å². The quantitative estimate of drug-likeness (QED) is 0.843. The van der Waals surface area contributed by atoms with Gasteiger partial charge in [-0.3, -0.25) is 4.90 Å². The second kappa shape index (κ2) is 5.73. The zero-order valence-corrected chi connectivity index (χ0v) is 12.5. The van der Waals surface area contributed by atoms with Gasteiger partial charge in [-0.15, -0.1) is 0 Å². The molecule has 0 amide bonds. The van der Waals surface area contributed by atoms with E-state index in [0.29, 0.717) is 30.5 Å². The van der Waals surface area contributed by atoms with E-state index in [4.69, 9.17) is 4.52 Å². The maximum absolute atomic E-state index is 13.8. The molecule has 1 fully saturated rings. The second-order valence-corrected chi connectivity index (χ2v) is 5.37. The number of nitriles is 1. The molecule has 0 saturated carbocycles. The highest BCUT2D eigenvalue weighted by atomic mass is 19.1. The van der Waals surface area contributed by atoms with E-state index in [0.717, 1.165) is 6.54 Å². The highest BCUT2D eigenvalue weighted by Crippen LogP contribution is 2.29. The maximum atomic E-state index is 13.8. The van der Waals surface area contributed by atoms with E-state index < -0.39 is 5.82 Å². The molecule has 0 bridgehead atoms. The molecule has 0 spiro atoms. The van der Waals surface area contributed by atoms with Gasteiger partial charge in [0, 0.05) is 19.6 Å².